The second kappa shape index (κ2) is 10.1. The van der Waals surface area contributed by atoms with Gasteiger partial charge in [0.15, 0.2) is 0 Å². The van der Waals surface area contributed by atoms with Crippen LogP contribution in [0.2, 0.25) is 0 Å². The van der Waals surface area contributed by atoms with E-state index < -0.39 is 6.04 Å². The molecule has 5 rings (SSSR count). The minimum absolute atomic E-state index is 0.0522. The number of morpholine rings is 1. The Morgan fingerprint density at radius 1 is 1.21 bits per heavy atom. The predicted molar refractivity (Wildman–Crippen MR) is 125 cm³/mol. The molecule has 0 aliphatic carbocycles. The number of hydrogen-bond acceptors (Lipinski definition) is 8. The zero-order valence-electron chi connectivity index (χ0n) is 19.0. The number of carbonyl (C=O) groups excluding carboxylic acids is 1. The summed E-state index contributed by atoms with van der Waals surface area (Å²) >= 11 is 0. The van der Waals surface area contributed by atoms with E-state index in [0.717, 1.165) is 28.1 Å². The van der Waals surface area contributed by atoms with Gasteiger partial charge in [0.25, 0.3) is 0 Å². The number of amides is 1. The number of aromatic nitrogens is 3. The molecule has 1 N–H and O–H groups in total. The predicted octanol–water partition coefficient (Wildman–Crippen LogP) is 2.04. The monoisotopic (exact) mass is 461 g/mol. The number of rotatable bonds is 7. The highest BCUT2D eigenvalue weighted by Crippen LogP contribution is 2.32. The van der Waals surface area contributed by atoms with Gasteiger partial charge in [0.2, 0.25) is 11.8 Å². The van der Waals surface area contributed by atoms with Gasteiger partial charge in [-0.2, -0.15) is 0 Å². The fourth-order valence-corrected chi connectivity index (χ4v) is 4.39. The van der Waals surface area contributed by atoms with Crippen LogP contribution in [0, 0.1) is 0 Å². The molecule has 2 aliphatic rings. The Balaban J connectivity index is 1.23. The number of nitrogens with one attached hydrogen (secondary N) is 1. The summed E-state index contributed by atoms with van der Waals surface area (Å²) in [6.07, 6.45) is 4.05. The molecule has 0 unspecified atom stereocenters. The Hall–Kier alpha value is -3.56. The molecule has 4 heterocycles. The van der Waals surface area contributed by atoms with Crippen LogP contribution in [0.4, 0.5) is 0 Å². The van der Waals surface area contributed by atoms with Crippen LogP contribution >= 0.6 is 0 Å². The first kappa shape index (κ1) is 22.2. The third-order valence-corrected chi connectivity index (χ3v) is 6.11. The lowest BCUT2D eigenvalue weighted by molar-refractivity contribution is -0.128. The van der Waals surface area contributed by atoms with Crippen molar-refractivity contribution in [1.29, 1.82) is 0 Å². The average molecular weight is 462 g/mol. The summed E-state index contributed by atoms with van der Waals surface area (Å²) in [7, 11) is 1.56. The molecule has 2 aromatic heterocycles. The zero-order chi connectivity index (χ0) is 23.3. The minimum Gasteiger partial charge on any atom is -0.488 e. The van der Waals surface area contributed by atoms with Crippen molar-refractivity contribution in [3.8, 4) is 22.9 Å². The maximum Gasteiger partial charge on any atom is 0.242 e. The molecule has 9 nitrogen and oxygen atoms in total. The molecule has 1 amide bonds. The Bertz CT molecular complexity index is 1120. The van der Waals surface area contributed by atoms with Crippen LogP contribution in [-0.4, -0.2) is 72.1 Å². The van der Waals surface area contributed by atoms with Gasteiger partial charge in [-0.3, -0.25) is 14.7 Å². The zero-order valence-corrected chi connectivity index (χ0v) is 19.0. The molecule has 34 heavy (non-hydrogen) atoms. The fraction of sp³-hybridized carbons (Fsp3) is 0.360. The van der Waals surface area contributed by atoms with Crippen LogP contribution in [0.3, 0.4) is 0 Å². The van der Waals surface area contributed by atoms with E-state index in [1.807, 2.05) is 30.3 Å². The summed E-state index contributed by atoms with van der Waals surface area (Å²) < 4.78 is 16.7. The summed E-state index contributed by atoms with van der Waals surface area (Å²) in [5.74, 6) is 1.26. The number of carbonyl (C=O) groups is 1. The number of pyridine rings is 1. The molecule has 2 atom stereocenters. The van der Waals surface area contributed by atoms with E-state index in [1.54, 1.807) is 25.6 Å². The number of nitrogens with zero attached hydrogens (tertiary/aromatic N) is 4. The SMILES string of the molecule is COc1ccc(-c2ccc3c(c2)C[C@H](CNC(=O)[C@@H](c2cccnc2)N2CCOCC2)O3)nn1. The number of methoxy groups -OCH3 is 1. The third kappa shape index (κ3) is 4.85. The van der Waals surface area contributed by atoms with Gasteiger partial charge < -0.3 is 19.5 Å². The summed E-state index contributed by atoms with van der Waals surface area (Å²) in [5.41, 5.74) is 3.70. The number of hydrogen-bond donors (Lipinski definition) is 1. The van der Waals surface area contributed by atoms with Crippen molar-refractivity contribution in [2.24, 2.45) is 0 Å². The van der Waals surface area contributed by atoms with Crippen molar-refractivity contribution in [2.75, 3.05) is 40.0 Å². The first-order valence-corrected chi connectivity index (χ1v) is 11.4. The standard InChI is InChI=1S/C25H27N5O4/c1-32-23-7-5-21(28-29-23)17-4-6-22-19(13-17)14-20(34-22)16-27-25(31)24(18-3-2-8-26-15-18)30-9-11-33-12-10-30/h2-8,13,15,20,24H,9-12,14,16H2,1H3,(H,27,31)/t20-,24-/m1/s1. The van der Waals surface area contributed by atoms with Gasteiger partial charge in [0, 0.05) is 43.5 Å². The maximum absolute atomic E-state index is 13.3. The topological polar surface area (TPSA) is 98.7 Å². The van der Waals surface area contributed by atoms with Crippen LogP contribution < -0.4 is 14.8 Å². The second-order valence-electron chi connectivity index (χ2n) is 8.31. The van der Waals surface area contributed by atoms with Gasteiger partial charge in [-0.25, -0.2) is 0 Å². The molecule has 3 aromatic rings. The summed E-state index contributed by atoms with van der Waals surface area (Å²) in [5, 5.41) is 11.4. The first-order chi connectivity index (χ1) is 16.7. The van der Waals surface area contributed by atoms with Crippen molar-refractivity contribution < 1.29 is 19.0 Å². The van der Waals surface area contributed by atoms with Gasteiger partial charge in [-0.15, -0.1) is 10.2 Å². The first-order valence-electron chi connectivity index (χ1n) is 11.4. The van der Waals surface area contributed by atoms with E-state index >= 15 is 0 Å². The van der Waals surface area contributed by atoms with Crippen molar-refractivity contribution in [3.05, 3.63) is 66.0 Å². The molecule has 1 saturated heterocycles. The summed E-state index contributed by atoms with van der Waals surface area (Å²) in [6.45, 7) is 3.06. The Labute approximate surface area is 198 Å². The van der Waals surface area contributed by atoms with E-state index in [4.69, 9.17) is 14.2 Å². The average Bonchev–Trinajstić information content (AvgIpc) is 3.31. The van der Waals surface area contributed by atoms with Gasteiger partial charge in [0.1, 0.15) is 17.9 Å². The van der Waals surface area contributed by atoms with E-state index in [-0.39, 0.29) is 12.0 Å². The van der Waals surface area contributed by atoms with E-state index in [0.29, 0.717) is 45.1 Å². The van der Waals surface area contributed by atoms with Crippen molar-refractivity contribution in [2.45, 2.75) is 18.6 Å². The van der Waals surface area contributed by atoms with Crippen molar-refractivity contribution >= 4 is 5.91 Å². The highest BCUT2D eigenvalue weighted by molar-refractivity contribution is 5.83. The molecule has 1 aromatic carbocycles. The molecule has 2 aliphatic heterocycles. The molecular formula is C25H27N5O4. The lowest BCUT2D eigenvalue weighted by atomic mass is 10.0. The van der Waals surface area contributed by atoms with Crippen LogP contribution in [0.25, 0.3) is 11.3 Å². The Kier molecular flexibility index (Phi) is 6.64. The van der Waals surface area contributed by atoms with Gasteiger partial charge in [0.05, 0.1) is 32.6 Å². The lowest BCUT2D eigenvalue weighted by Gasteiger charge is -2.33. The largest absolute Gasteiger partial charge is 0.488 e. The number of fused-ring (bicyclic) bond motifs is 1. The second-order valence-corrected chi connectivity index (χ2v) is 8.31. The minimum atomic E-state index is -0.401. The molecule has 0 radical (unpaired) electrons. The smallest absolute Gasteiger partial charge is 0.242 e. The molecule has 0 saturated carbocycles. The highest BCUT2D eigenvalue weighted by atomic mass is 16.5. The van der Waals surface area contributed by atoms with Gasteiger partial charge >= 0.3 is 0 Å². The maximum atomic E-state index is 13.3. The Morgan fingerprint density at radius 2 is 2.09 bits per heavy atom. The molecular weight excluding hydrogens is 434 g/mol. The molecule has 0 spiro atoms. The number of benzene rings is 1. The fourth-order valence-electron chi connectivity index (χ4n) is 4.39. The number of ether oxygens (including phenoxy) is 3. The quantitative estimate of drug-likeness (QED) is 0.571. The van der Waals surface area contributed by atoms with E-state index in [9.17, 15) is 4.79 Å². The van der Waals surface area contributed by atoms with Gasteiger partial charge in [-0.1, -0.05) is 6.07 Å². The van der Waals surface area contributed by atoms with E-state index in [2.05, 4.69) is 31.5 Å². The van der Waals surface area contributed by atoms with Crippen LogP contribution in [0.5, 0.6) is 11.6 Å². The van der Waals surface area contributed by atoms with Crippen LogP contribution in [-0.2, 0) is 16.0 Å². The lowest BCUT2D eigenvalue weighted by Crippen LogP contribution is -2.47. The molecule has 0 bridgehead atoms. The third-order valence-electron chi connectivity index (χ3n) is 6.11. The summed E-state index contributed by atoms with van der Waals surface area (Å²) in [4.78, 5) is 19.6. The van der Waals surface area contributed by atoms with Crippen LogP contribution in [0.15, 0.2) is 54.9 Å². The molecule has 9 heteroatoms. The van der Waals surface area contributed by atoms with Crippen molar-refractivity contribution in [3.63, 3.8) is 0 Å². The molecule has 1 fully saturated rings. The van der Waals surface area contributed by atoms with Crippen molar-refractivity contribution in [1.82, 2.24) is 25.4 Å². The highest BCUT2D eigenvalue weighted by Gasteiger charge is 2.31. The summed E-state index contributed by atoms with van der Waals surface area (Å²) in [6, 6.07) is 13.1. The van der Waals surface area contributed by atoms with Crippen LogP contribution in [0.1, 0.15) is 17.2 Å². The van der Waals surface area contributed by atoms with Gasteiger partial charge in [-0.05, 0) is 41.5 Å². The van der Waals surface area contributed by atoms with E-state index in [1.165, 1.54) is 0 Å². The molecule has 176 valence electrons. The Morgan fingerprint density at radius 3 is 2.82 bits per heavy atom. The normalized spacial score (nSPS) is 18.6.